The lowest BCUT2D eigenvalue weighted by atomic mass is 9.93. The number of amides is 2. The summed E-state index contributed by atoms with van der Waals surface area (Å²) in [4.78, 5) is 28.5. The molecule has 35 heavy (non-hydrogen) atoms. The van der Waals surface area contributed by atoms with Gasteiger partial charge in [0.15, 0.2) is 5.82 Å². The van der Waals surface area contributed by atoms with Gasteiger partial charge in [0, 0.05) is 36.9 Å². The van der Waals surface area contributed by atoms with E-state index >= 15 is 0 Å². The number of carbonyl (C=O) groups is 2. The first-order chi connectivity index (χ1) is 16.5. The predicted octanol–water partition coefficient (Wildman–Crippen LogP) is 2.98. The zero-order valence-corrected chi connectivity index (χ0v) is 20.5. The predicted molar refractivity (Wildman–Crippen MR) is 128 cm³/mol. The molecule has 3 N–H and O–H groups in total. The topological polar surface area (TPSA) is 130 Å². The zero-order valence-electron chi connectivity index (χ0n) is 20.5. The lowest BCUT2D eigenvalue weighted by Crippen LogP contribution is -2.45. The van der Waals surface area contributed by atoms with Crippen LogP contribution in [-0.4, -0.2) is 71.9 Å². The molecular weight excluding hydrogens is 453 g/mol. The standard InChI is InChI=1S/C24H32FN7O3/c1-24(2,14-30(3)4)15-35-23(34)31-10-9-16(11-26)20(13-31)32-12-19(21(27)33)22(29-32)28-18-7-5-17(25)6-8-18/h5-8,12,16,20H,9-10,13-15H2,1-4H3,(H2,27,33)(H,28,29)/t16?,20-/m1/s1. The third-order valence-electron chi connectivity index (χ3n) is 5.78. The first-order valence-corrected chi connectivity index (χ1v) is 11.4. The number of nitrogens with one attached hydrogen (secondary N) is 1. The minimum atomic E-state index is -0.704. The quantitative estimate of drug-likeness (QED) is 0.588. The molecule has 1 aromatic carbocycles. The molecule has 1 fully saturated rings. The monoisotopic (exact) mass is 485 g/mol. The zero-order chi connectivity index (χ0) is 25.8. The van der Waals surface area contributed by atoms with Gasteiger partial charge in [-0.25, -0.2) is 9.18 Å². The van der Waals surface area contributed by atoms with Crippen LogP contribution in [0.25, 0.3) is 0 Å². The number of nitriles is 1. The summed E-state index contributed by atoms with van der Waals surface area (Å²) < 4.78 is 20.3. The maximum atomic E-state index is 13.2. The van der Waals surface area contributed by atoms with Crippen molar-refractivity contribution < 1.29 is 18.7 Å². The van der Waals surface area contributed by atoms with Gasteiger partial charge < -0.3 is 25.6 Å². The van der Waals surface area contributed by atoms with Crippen LogP contribution in [0.15, 0.2) is 30.5 Å². The Labute approximate surface area is 204 Å². The minimum absolute atomic E-state index is 0.121. The highest BCUT2D eigenvalue weighted by atomic mass is 19.1. The van der Waals surface area contributed by atoms with Crippen LogP contribution in [0.1, 0.15) is 36.7 Å². The molecule has 2 amide bonds. The molecule has 0 bridgehead atoms. The fourth-order valence-electron chi connectivity index (χ4n) is 4.27. The van der Waals surface area contributed by atoms with E-state index in [4.69, 9.17) is 10.5 Å². The Hall–Kier alpha value is -3.65. The third kappa shape index (κ3) is 6.70. The average Bonchev–Trinajstić information content (AvgIpc) is 3.21. The van der Waals surface area contributed by atoms with Gasteiger partial charge in [-0.05, 0) is 44.8 Å². The second-order valence-corrected chi connectivity index (χ2v) is 9.86. The van der Waals surface area contributed by atoms with Crippen molar-refractivity contribution in [2.24, 2.45) is 17.1 Å². The maximum Gasteiger partial charge on any atom is 0.409 e. The van der Waals surface area contributed by atoms with Crippen molar-refractivity contribution >= 4 is 23.5 Å². The molecule has 1 aliphatic rings. The van der Waals surface area contributed by atoms with Gasteiger partial charge in [-0.3, -0.25) is 9.48 Å². The van der Waals surface area contributed by atoms with Crippen molar-refractivity contribution in [1.29, 1.82) is 5.26 Å². The Morgan fingerprint density at radius 1 is 1.34 bits per heavy atom. The summed E-state index contributed by atoms with van der Waals surface area (Å²) in [6, 6.07) is 7.35. The Bertz CT molecular complexity index is 1090. The maximum absolute atomic E-state index is 13.2. The van der Waals surface area contributed by atoms with E-state index in [2.05, 4.69) is 16.5 Å². The van der Waals surface area contributed by atoms with Gasteiger partial charge in [0.25, 0.3) is 5.91 Å². The number of carbonyl (C=O) groups excluding carboxylic acids is 2. The van der Waals surface area contributed by atoms with Crippen LogP contribution in [-0.2, 0) is 4.74 Å². The van der Waals surface area contributed by atoms with Gasteiger partial charge in [0.2, 0.25) is 0 Å². The summed E-state index contributed by atoms with van der Waals surface area (Å²) in [5.74, 6) is -1.34. The van der Waals surface area contributed by atoms with Crippen LogP contribution >= 0.6 is 0 Å². The van der Waals surface area contributed by atoms with Crippen LogP contribution < -0.4 is 11.1 Å². The molecule has 0 radical (unpaired) electrons. The number of nitrogens with two attached hydrogens (primary N) is 1. The van der Waals surface area contributed by atoms with Crippen LogP contribution in [0.4, 0.5) is 20.7 Å². The van der Waals surface area contributed by atoms with E-state index in [1.807, 2.05) is 32.8 Å². The van der Waals surface area contributed by atoms with E-state index in [0.29, 0.717) is 18.7 Å². The Morgan fingerprint density at radius 3 is 2.63 bits per heavy atom. The van der Waals surface area contributed by atoms with Crippen molar-refractivity contribution in [3.05, 3.63) is 41.8 Å². The number of piperidine rings is 1. The Kier molecular flexibility index (Phi) is 7.96. The fourth-order valence-corrected chi connectivity index (χ4v) is 4.27. The second-order valence-electron chi connectivity index (χ2n) is 9.86. The largest absolute Gasteiger partial charge is 0.449 e. The van der Waals surface area contributed by atoms with Gasteiger partial charge >= 0.3 is 6.09 Å². The van der Waals surface area contributed by atoms with E-state index in [1.165, 1.54) is 35.1 Å². The molecule has 188 valence electrons. The van der Waals surface area contributed by atoms with Gasteiger partial charge in [0.05, 0.1) is 24.6 Å². The molecule has 10 nitrogen and oxygen atoms in total. The molecule has 2 heterocycles. The number of aromatic nitrogens is 2. The molecule has 1 unspecified atom stereocenters. The van der Waals surface area contributed by atoms with Crippen molar-refractivity contribution in [2.75, 3.05) is 45.7 Å². The highest BCUT2D eigenvalue weighted by molar-refractivity contribution is 5.98. The van der Waals surface area contributed by atoms with E-state index in [-0.39, 0.29) is 29.9 Å². The summed E-state index contributed by atoms with van der Waals surface area (Å²) in [6.07, 6.45) is 1.45. The number of hydrogen-bond donors (Lipinski definition) is 2. The summed E-state index contributed by atoms with van der Waals surface area (Å²) in [5.41, 5.74) is 5.97. The Morgan fingerprint density at radius 2 is 2.03 bits per heavy atom. The summed E-state index contributed by atoms with van der Waals surface area (Å²) in [5, 5.41) is 17.1. The van der Waals surface area contributed by atoms with Crippen molar-refractivity contribution in [2.45, 2.75) is 26.3 Å². The molecular formula is C24H32FN7O3. The van der Waals surface area contributed by atoms with Crippen LogP contribution in [0.3, 0.4) is 0 Å². The van der Waals surface area contributed by atoms with Gasteiger partial charge in [0.1, 0.15) is 11.4 Å². The van der Waals surface area contributed by atoms with Crippen molar-refractivity contribution in [1.82, 2.24) is 19.6 Å². The molecule has 1 saturated heterocycles. The number of hydrogen-bond acceptors (Lipinski definition) is 7. The van der Waals surface area contributed by atoms with E-state index < -0.39 is 29.8 Å². The number of nitrogens with zero attached hydrogens (tertiary/aromatic N) is 5. The van der Waals surface area contributed by atoms with Crippen molar-refractivity contribution in [3.8, 4) is 6.07 Å². The molecule has 0 spiro atoms. The summed E-state index contributed by atoms with van der Waals surface area (Å²) >= 11 is 0. The van der Waals surface area contributed by atoms with Crippen molar-refractivity contribution in [3.63, 3.8) is 0 Å². The molecule has 0 aliphatic carbocycles. The van der Waals surface area contributed by atoms with E-state index in [9.17, 15) is 19.2 Å². The van der Waals surface area contributed by atoms with Gasteiger partial charge in [-0.2, -0.15) is 10.4 Å². The average molecular weight is 486 g/mol. The number of halogens is 1. The molecule has 1 aromatic heterocycles. The molecule has 2 atom stereocenters. The summed E-state index contributed by atoms with van der Waals surface area (Å²) in [6.45, 7) is 5.64. The smallest absolute Gasteiger partial charge is 0.409 e. The SMILES string of the molecule is CN(C)CC(C)(C)COC(=O)N1CCC(C#N)[C@H](n2cc(C(N)=O)c(Nc3ccc(F)cc3)n2)C1. The molecule has 0 saturated carbocycles. The lowest BCUT2D eigenvalue weighted by molar-refractivity contribution is 0.0431. The number of anilines is 2. The van der Waals surface area contributed by atoms with E-state index in [1.54, 1.807) is 4.90 Å². The molecule has 1 aliphatic heterocycles. The molecule has 11 heteroatoms. The Balaban J connectivity index is 1.77. The summed E-state index contributed by atoms with van der Waals surface area (Å²) in [7, 11) is 3.93. The van der Waals surface area contributed by atoms with Crippen LogP contribution in [0, 0.1) is 28.5 Å². The molecule has 3 rings (SSSR count). The minimum Gasteiger partial charge on any atom is -0.449 e. The highest BCUT2D eigenvalue weighted by Gasteiger charge is 2.35. The van der Waals surface area contributed by atoms with Crippen LogP contribution in [0.5, 0.6) is 0 Å². The normalized spacial score (nSPS) is 18.3. The number of benzene rings is 1. The van der Waals surface area contributed by atoms with Gasteiger partial charge in [-0.15, -0.1) is 0 Å². The number of rotatable bonds is 8. The fraction of sp³-hybridized carbons (Fsp3) is 0.500. The number of primary amides is 1. The second kappa shape index (κ2) is 10.7. The highest BCUT2D eigenvalue weighted by Crippen LogP contribution is 2.30. The first kappa shape index (κ1) is 26.0. The third-order valence-corrected chi connectivity index (χ3v) is 5.78. The first-order valence-electron chi connectivity index (χ1n) is 11.4. The van der Waals surface area contributed by atoms with E-state index in [0.717, 1.165) is 6.54 Å². The van der Waals surface area contributed by atoms with Crippen LogP contribution in [0.2, 0.25) is 0 Å². The molecule has 2 aromatic rings. The number of ether oxygens (including phenoxy) is 1. The van der Waals surface area contributed by atoms with Gasteiger partial charge in [-0.1, -0.05) is 13.8 Å². The lowest BCUT2D eigenvalue weighted by Gasteiger charge is -2.36. The number of likely N-dealkylation sites (tertiary alicyclic amines) is 1.